The zero-order valence-corrected chi connectivity index (χ0v) is 15.3. The molecule has 2 amide bonds. The van der Waals surface area contributed by atoms with Gasteiger partial charge < -0.3 is 13.9 Å². The van der Waals surface area contributed by atoms with Gasteiger partial charge in [-0.2, -0.15) is 0 Å². The third-order valence-electron chi connectivity index (χ3n) is 4.51. The number of hydrogen-bond acceptors (Lipinski definition) is 7. The van der Waals surface area contributed by atoms with Crippen molar-refractivity contribution in [2.24, 2.45) is 0 Å². The van der Waals surface area contributed by atoms with Gasteiger partial charge in [0, 0.05) is 17.5 Å². The second kappa shape index (κ2) is 7.23. The first-order valence-corrected chi connectivity index (χ1v) is 8.72. The number of carbonyl (C=O) groups is 3. The van der Waals surface area contributed by atoms with E-state index in [9.17, 15) is 19.2 Å². The maximum atomic E-state index is 12.2. The van der Waals surface area contributed by atoms with E-state index in [-0.39, 0.29) is 11.1 Å². The van der Waals surface area contributed by atoms with Crippen molar-refractivity contribution >= 4 is 28.8 Å². The summed E-state index contributed by atoms with van der Waals surface area (Å²) in [5.74, 6) is -1.48. The largest absolute Gasteiger partial charge is 0.482 e. The van der Waals surface area contributed by atoms with Gasteiger partial charge in [-0.05, 0) is 36.8 Å². The van der Waals surface area contributed by atoms with E-state index >= 15 is 0 Å². The minimum Gasteiger partial charge on any atom is -0.482 e. The minimum absolute atomic E-state index is 0.276. The van der Waals surface area contributed by atoms with Crippen LogP contribution in [0.5, 0.6) is 5.75 Å². The molecule has 0 saturated carbocycles. The minimum atomic E-state index is -0.757. The van der Waals surface area contributed by atoms with Crippen LogP contribution in [0.25, 0.3) is 11.0 Å². The highest BCUT2D eigenvalue weighted by molar-refractivity contribution is 6.21. The highest BCUT2D eigenvalue weighted by Crippen LogP contribution is 2.23. The molecule has 0 fully saturated rings. The molecule has 1 aliphatic heterocycles. The molecule has 0 spiro atoms. The molecule has 2 aromatic carbocycles. The van der Waals surface area contributed by atoms with Crippen LogP contribution in [0.1, 0.15) is 26.3 Å². The van der Waals surface area contributed by atoms with Crippen LogP contribution in [0.3, 0.4) is 0 Å². The van der Waals surface area contributed by atoms with Gasteiger partial charge in [-0.3, -0.25) is 9.59 Å². The molecule has 1 aliphatic rings. The van der Waals surface area contributed by atoms with Gasteiger partial charge in [0.2, 0.25) is 0 Å². The zero-order valence-electron chi connectivity index (χ0n) is 15.3. The molecule has 29 heavy (non-hydrogen) atoms. The first-order valence-electron chi connectivity index (χ1n) is 8.72. The van der Waals surface area contributed by atoms with Gasteiger partial charge >= 0.3 is 11.6 Å². The van der Waals surface area contributed by atoms with Crippen LogP contribution in [0.15, 0.2) is 57.7 Å². The lowest BCUT2D eigenvalue weighted by Gasteiger charge is -2.14. The van der Waals surface area contributed by atoms with E-state index in [1.807, 2.05) is 0 Å². The van der Waals surface area contributed by atoms with Crippen molar-refractivity contribution in [1.29, 1.82) is 0 Å². The SMILES string of the molecule is Cc1cc(=O)oc2cc(OCC(=O)OCN3C(=O)c4ccccc4C3=O)ccc12. The number of rotatable bonds is 5. The second-order valence-corrected chi connectivity index (χ2v) is 6.42. The first kappa shape index (κ1) is 18.4. The van der Waals surface area contributed by atoms with E-state index < -0.39 is 36.7 Å². The van der Waals surface area contributed by atoms with E-state index in [0.29, 0.717) is 11.3 Å². The van der Waals surface area contributed by atoms with Crippen molar-refractivity contribution in [3.8, 4) is 5.75 Å². The van der Waals surface area contributed by atoms with Crippen molar-refractivity contribution < 1.29 is 28.3 Å². The van der Waals surface area contributed by atoms with Crippen molar-refractivity contribution in [1.82, 2.24) is 4.90 Å². The molecule has 4 rings (SSSR count). The maximum absolute atomic E-state index is 12.2. The number of esters is 1. The van der Waals surface area contributed by atoms with E-state index in [2.05, 4.69) is 0 Å². The van der Waals surface area contributed by atoms with Gasteiger partial charge in [0.1, 0.15) is 11.3 Å². The fourth-order valence-electron chi connectivity index (χ4n) is 3.07. The molecule has 8 nitrogen and oxygen atoms in total. The number of amides is 2. The summed E-state index contributed by atoms with van der Waals surface area (Å²) in [5, 5.41) is 0.755. The summed E-state index contributed by atoms with van der Waals surface area (Å²) < 4.78 is 15.5. The Morgan fingerprint density at radius 3 is 2.38 bits per heavy atom. The van der Waals surface area contributed by atoms with Crippen LogP contribution in [0.4, 0.5) is 0 Å². The Kier molecular flexibility index (Phi) is 4.59. The van der Waals surface area contributed by atoms with Gasteiger partial charge in [0.05, 0.1) is 11.1 Å². The standard InChI is InChI=1S/C21H15NO7/c1-12-8-18(23)29-17-9-13(6-7-14(12)17)27-10-19(24)28-11-22-20(25)15-4-2-3-5-16(15)21(22)26/h2-9H,10-11H2,1H3. The molecule has 0 radical (unpaired) electrons. The summed E-state index contributed by atoms with van der Waals surface area (Å²) >= 11 is 0. The topological polar surface area (TPSA) is 103 Å². The third-order valence-corrected chi connectivity index (χ3v) is 4.51. The Morgan fingerprint density at radius 2 is 1.69 bits per heavy atom. The third kappa shape index (κ3) is 3.47. The van der Waals surface area contributed by atoms with Crippen LogP contribution in [0.2, 0.25) is 0 Å². The van der Waals surface area contributed by atoms with Crippen LogP contribution in [0, 0.1) is 6.92 Å². The van der Waals surface area contributed by atoms with Gasteiger partial charge in [0.25, 0.3) is 11.8 Å². The molecular weight excluding hydrogens is 378 g/mol. The molecule has 3 aromatic rings. The number of imide groups is 1. The molecule has 1 aromatic heterocycles. The Labute approximate surface area is 164 Å². The summed E-state index contributed by atoms with van der Waals surface area (Å²) in [6, 6.07) is 12.6. The molecule has 2 heterocycles. The average molecular weight is 393 g/mol. The molecule has 146 valence electrons. The van der Waals surface area contributed by atoms with Crippen LogP contribution < -0.4 is 10.4 Å². The van der Waals surface area contributed by atoms with E-state index in [0.717, 1.165) is 15.8 Å². The number of hydrogen-bond donors (Lipinski definition) is 0. The number of carbonyl (C=O) groups excluding carboxylic acids is 3. The van der Waals surface area contributed by atoms with E-state index in [4.69, 9.17) is 13.9 Å². The van der Waals surface area contributed by atoms with Gasteiger partial charge in [-0.1, -0.05) is 12.1 Å². The molecular formula is C21H15NO7. The summed E-state index contributed by atoms with van der Waals surface area (Å²) in [6.45, 7) is 0.849. The second-order valence-electron chi connectivity index (χ2n) is 6.42. The number of benzene rings is 2. The van der Waals surface area contributed by atoms with Gasteiger partial charge in [0.15, 0.2) is 13.3 Å². The molecule has 0 N–H and O–H groups in total. The lowest BCUT2D eigenvalue weighted by atomic mass is 10.1. The molecule has 0 bridgehead atoms. The molecule has 8 heteroatoms. The van der Waals surface area contributed by atoms with Crippen molar-refractivity contribution in [2.45, 2.75) is 6.92 Å². The quantitative estimate of drug-likeness (QED) is 0.372. The summed E-state index contributed by atoms with van der Waals surface area (Å²) in [6.07, 6.45) is 0. The molecule has 0 atom stereocenters. The van der Waals surface area contributed by atoms with Crippen molar-refractivity contribution in [3.63, 3.8) is 0 Å². The number of ether oxygens (including phenoxy) is 2. The Morgan fingerprint density at radius 1 is 1.00 bits per heavy atom. The fraction of sp³-hybridized carbons (Fsp3) is 0.143. The van der Waals surface area contributed by atoms with Crippen LogP contribution in [-0.2, 0) is 9.53 Å². The Bertz CT molecular complexity index is 1180. The molecule has 0 aliphatic carbocycles. The Balaban J connectivity index is 1.36. The van der Waals surface area contributed by atoms with Gasteiger partial charge in [-0.25, -0.2) is 14.5 Å². The maximum Gasteiger partial charge on any atom is 0.345 e. The Hall–Kier alpha value is -3.94. The van der Waals surface area contributed by atoms with Crippen molar-refractivity contribution in [2.75, 3.05) is 13.3 Å². The lowest BCUT2D eigenvalue weighted by Crippen LogP contribution is -2.34. The first-order chi connectivity index (χ1) is 13.9. The predicted molar refractivity (Wildman–Crippen MR) is 101 cm³/mol. The zero-order chi connectivity index (χ0) is 20.5. The monoisotopic (exact) mass is 393 g/mol. The fourth-order valence-corrected chi connectivity index (χ4v) is 3.07. The van der Waals surface area contributed by atoms with Crippen LogP contribution >= 0.6 is 0 Å². The molecule has 0 saturated heterocycles. The number of aryl methyl sites for hydroxylation is 1. The smallest absolute Gasteiger partial charge is 0.345 e. The van der Waals surface area contributed by atoms with E-state index in [1.165, 1.54) is 12.1 Å². The lowest BCUT2D eigenvalue weighted by molar-refractivity contribution is -0.148. The average Bonchev–Trinajstić information content (AvgIpc) is 2.95. The number of nitrogens with zero attached hydrogens (tertiary/aromatic N) is 1. The van der Waals surface area contributed by atoms with E-state index in [1.54, 1.807) is 43.3 Å². The van der Waals surface area contributed by atoms with Gasteiger partial charge in [-0.15, -0.1) is 0 Å². The highest BCUT2D eigenvalue weighted by Gasteiger charge is 2.35. The highest BCUT2D eigenvalue weighted by atomic mass is 16.6. The summed E-state index contributed by atoms with van der Waals surface area (Å²) in [5.41, 5.74) is 1.18. The number of fused-ring (bicyclic) bond motifs is 2. The van der Waals surface area contributed by atoms with Crippen molar-refractivity contribution in [3.05, 3.63) is 75.6 Å². The summed E-state index contributed by atoms with van der Waals surface area (Å²) in [4.78, 5) is 48.8. The summed E-state index contributed by atoms with van der Waals surface area (Å²) in [7, 11) is 0. The predicted octanol–water partition coefficient (Wildman–Crippen LogP) is 2.28. The normalized spacial score (nSPS) is 12.9. The molecule has 0 unspecified atom stereocenters. The van der Waals surface area contributed by atoms with Crippen LogP contribution in [-0.4, -0.2) is 36.0 Å².